The van der Waals surface area contributed by atoms with Crippen molar-refractivity contribution in [2.24, 2.45) is 0 Å². The van der Waals surface area contributed by atoms with Crippen molar-refractivity contribution in [3.63, 3.8) is 0 Å². The maximum absolute atomic E-state index is 12.7. The van der Waals surface area contributed by atoms with Crippen molar-refractivity contribution in [3.05, 3.63) is 80.2 Å². The molecule has 0 amide bonds. The molecule has 7 heteroatoms. The highest BCUT2D eigenvalue weighted by Gasteiger charge is 2.24. The van der Waals surface area contributed by atoms with Crippen molar-refractivity contribution in [2.45, 2.75) is 13.5 Å². The molecule has 1 N–H and O–H groups in total. The van der Waals surface area contributed by atoms with Crippen LogP contribution >= 0.6 is 15.9 Å². The molecule has 0 unspecified atom stereocenters. The third-order valence-electron chi connectivity index (χ3n) is 4.46. The predicted molar refractivity (Wildman–Crippen MR) is 107 cm³/mol. The van der Waals surface area contributed by atoms with Gasteiger partial charge in [-0.3, -0.25) is 4.79 Å². The molecule has 140 valence electrons. The van der Waals surface area contributed by atoms with Crippen molar-refractivity contribution >= 4 is 49.6 Å². The third kappa shape index (κ3) is 3.25. The van der Waals surface area contributed by atoms with E-state index in [1.807, 2.05) is 12.1 Å². The van der Waals surface area contributed by atoms with Crippen LogP contribution < -0.4 is 5.63 Å². The number of aromatic amines is 1. The summed E-state index contributed by atoms with van der Waals surface area (Å²) < 4.78 is 11.1. The minimum absolute atomic E-state index is 0.213. The Balaban J connectivity index is 1.61. The quantitative estimate of drug-likeness (QED) is 0.222. The highest BCUT2D eigenvalue weighted by atomic mass is 79.9. The lowest BCUT2D eigenvalue weighted by atomic mass is 10.1. The number of hydrogen-bond donors (Lipinski definition) is 1. The zero-order valence-corrected chi connectivity index (χ0v) is 16.3. The fraction of sp³-hybridized carbons (Fsp3) is 0.0952. The van der Waals surface area contributed by atoms with E-state index in [1.54, 1.807) is 37.3 Å². The molecule has 0 saturated carbocycles. The summed E-state index contributed by atoms with van der Waals surface area (Å²) in [6.45, 7) is 1.52. The van der Waals surface area contributed by atoms with E-state index in [-0.39, 0.29) is 6.61 Å². The molecule has 6 nitrogen and oxygen atoms in total. The first-order valence-corrected chi connectivity index (χ1v) is 9.24. The van der Waals surface area contributed by atoms with Gasteiger partial charge in [-0.15, -0.1) is 0 Å². The van der Waals surface area contributed by atoms with Crippen molar-refractivity contribution in [1.82, 2.24) is 4.98 Å². The second kappa shape index (κ2) is 7.09. The zero-order chi connectivity index (χ0) is 19.8. The van der Waals surface area contributed by atoms with E-state index >= 15 is 0 Å². The van der Waals surface area contributed by atoms with Gasteiger partial charge in [-0.05, 0) is 31.2 Å². The Morgan fingerprint density at radius 1 is 1.11 bits per heavy atom. The number of Topliss-reactive ketones (excluding diaryl/α,β-unsaturated/α-hetero) is 1. The van der Waals surface area contributed by atoms with Gasteiger partial charge in [0.25, 0.3) is 5.78 Å². The molecule has 0 radical (unpaired) electrons. The van der Waals surface area contributed by atoms with Gasteiger partial charge in [-0.1, -0.05) is 34.1 Å². The lowest BCUT2D eigenvalue weighted by molar-refractivity contribution is -0.139. The zero-order valence-electron chi connectivity index (χ0n) is 14.7. The van der Waals surface area contributed by atoms with Crippen LogP contribution in [0.4, 0.5) is 0 Å². The molecule has 0 atom stereocenters. The molecule has 0 fully saturated rings. The first-order chi connectivity index (χ1) is 13.4. The van der Waals surface area contributed by atoms with Crippen LogP contribution in [0.15, 0.2) is 62.2 Å². The summed E-state index contributed by atoms with van der Waals surface area (Å²) in [7, 11) is 0. The number of esters is 1. The fourth-order valence-electron chi connectivity index (χ4n) is 3.20. The van der Waals surface area contributed by atoms with E-state index in [2.05, 4.69) is 20.9 Å². The smallest absolute Gasteiger partial charge is 0.380 e. The highest BCUT2D eigenvalue weighted by Crippen LogP contribution is 2.24. The Hall–Kier alpha value is -3.19. The monoisotopic (exact) mass is 439 g/mol. The normalized spacial score (nSPS) is 11.1. The molecular weight excluding hydrogens is 426 g/mol. The Bertz CT molecular complexity index is 1300. The van der Waals surface area contributed by atoms with Crippen LogP contribution in [0.3, 0.4) is 0 Å². The Kier molecular flexibility index (Phi) is 4.60. The van der Waals surface area contributed by atoms with Crippen LogP contribution in [-0.4, -0.2) is 16.7 Å². The van der Waals surface area contributed by atoms with Gasteiger partial charge in [0.1, 0.15) is 12.2 Å². The second-order valence-corrected chi connectivity index (χ2v) is 7.22. The van der Waals surface area contributed by atoms with E-state index in [0.717, 1.165) is 9.99 Å². The summed E-state index contributed by atoms with van der Waals surface area (Å²) >= 11 is 3.32. The van der Waals surface area contributed by atoms with E-state index in [4.69, 9.17) is 9.15 Å². The summed E-state index contributed by atoms with van der Waals surface area (Å²) in [5.41, 5.74) is 1.94. The van der Waals surface area contributed by atoms with Gasteiger partial charge in [0.05, 0.1) is 5.56 Å². The largest absolute Gasteiger partial charge is 0.455 e. The van der Waals surface area contributed by atoms with Gasteiger partial charge >= 0.3 is 11.6 Å². The molecule has 28 heavy (non-hydrogen) atoms. The number of aromatic nitrogens is 1. The molecule has 0 spiro atoms. The van der Waals surface area contributed by atoms with Crippen molar-refractivity contribution in [3.8, 4) is 0 Å². The number of aryl methyl sites for hydroxylation is 1. The number of rotatable bonds is 4. The number of para-hydroxylation sites is 1. The Morgan fingerprint density at radius 2 is 1.89 bits per heavy atom. The lowest BCUT2D eigenvalue weighted by Crippen LogP contribution is -2.18. The van der Waals surface area contributed by atoms with E-state index < -0.39 is 17.4 Å². The fourth-order valence-corrected chi connectivity index (χ4v) is 3.54. The van der Waals surface area contributed by atoms with Crippen molar-refractivity contribution in [1.29, 1.82) is 0 Å². The third-order valence-corrected chi connectivity index (χ3v) is 4.95. The molecule has 2 aromatic carbocycles. The maximum Gasteiger partial charge on any atom is 0.380 e. The van der Waals surface area contributed by atoms with Crippen molar-refractivity contribution in [2.75, 3.05) is 0 Å². The van der Waals surface area contributed by atoms with Gasteiger partial charge in [-0.25, -0.2) is 9.59 Å². The molecule has 2 aromatic heterocycles. The highest BCUT2D eigenvalue weighted by molar-refractivity contribution is 9.10. The number of carbonyl (C=O) groups is 2. The van der Waals surface area contributed by atoms with Crippen LogP contribution in [0.1, 0.15) is 21.6 Å². The molecule has 0 aliphatic rings. The number of H-pyrrole nitrogens is 1. The summed E-state index contributed by atoms with van der Waals surface area (Å²) in [5, 5.41) is 1.30. The maximum atomic E-state index is 12.7. The summed E-state index contributed by atoms with van der Waals surface area (Å²) in [5.74, 6) is -1.71. The first kappa shape index (κ1) is 18.2. The Labute approximate surface area is 167 Å². The van der Waals surface area contributed by atoms with E-state index in [9.17, 15) is 14.4 Å². The van der Waals surface area contributed by atoms with E-state index in [0.29, 0.717) is 33.2 Å². The number of halogens is 1. The minimum atomic E-state index is -0.980. The molecule has 0 bridgehead atoms. The predicted octanol–water partition coefficient (Wildman–Crippen LogP) is 4.27. The molecule has 2 heterocycles. The topological polar surface area (TPSA) is 89.4 Å². The number of ketones is 1. The lowest BCUT2D eigenvalue weighted by Gasteiger charge is -2.07. The standard InChI is InChI=1S/C21H14BrNO5/c1-11-19(15-4-2-3-5-16(15)23-11)20(25)21(26)27-10-12-8-18(24)28-17-9-13(22)6-7-14(12)17/h2-9,23H,10H2,1H3. The van der Waals surface area contributed by atoms with Crippen LogP contribution in [0.2, 0.25) is 0 Å². The number of hydrogen-bond acceptors (Lipinski definition) is 5. The number of ether oxygens (including phenoxy) is 1. The van der Waals surface area contributed by atoms with Gasteiger partial charge in [-0.2, -0.15) is 0 Å². The molecule has 4 rings (SSSR count). The van der Waals surface area contributed by atoms with Crippen LogP contribution in [0.25, 0.3) is 21.9 Å². The van der Waals surface area contributed by atoms with Crippen LogP contribution in [0, 0.1) is 6.92 Å². The average molecular weight is 440 g/mol. The summed E-state index contributed by atoms with van der Waals surface area (Å²) in [4.78, 5) is 39.9. The Morgan fingerprint density at radius 3 is 2.71 bits per heavy atom. The van der Waals surface area contributed by atoms with Gasteiger partial charge < -0.3 is 14.1 Å². The minimum Gasteiger partial charge on any atom is -0.455 e. The number of nitrogens with one attached hydrogen (secondary N) is 1. The van der Waals surface area contributed by atoms with Gasteiger partial charge in [0, 0.05) is 38.1 Å². The first-order valence-electron chi connectivity index (χ1n) is 8.45. The van der Waals surface area contributed by atoms with E-state index in [1.165, 1.54) is 6.07 Å². The summed E-state index contributed by atoms with van der Waals surface area (Å²) in [6, 6.07) is 13.7. The van der Waals surface area contributed by atoms with Crippen LogP contribution in [-0.2, 0) is 16.1 Å². The SMILES string of the molecule is Cc1[nH]c2ccccc2c1C(=O)C(=O)OCc1cc(=O)oc2cc(Br)ccc12. The van der Waals surface area contributed by atoms with Gasteiger partial charge in [0.2, 0.25) is 0 Å². The second-order valence-electron chi connectivity index (χ2n) is 6.31. The number of benzene rings is 2. The van der Waals surface area contributed by atoms with Crippen LogP contribution in [0.5, 0.6) is 0 Å². The molecule has 0 saturated heterocycles. The molecular formula is C21H14BrNO5. The number of carbonyl (C=O) groups excluding carboxylic acids is 2. The average Bonchev–Trinajstić information content (AvgIpc) is 3.00. The molecule has 0 aliphatic heterocycles. The molecule has 4 aromatic rings. The molecule has 0 aliphatic carbocycles. The van der Waals surface area contributed by atoms with Gasteiger partial charge in [0.15, 0.2) is 0 Å². The number of fused-ring (bicyclic) bond motifs is 2. The van der Waals surface area contributed by atoms with Crippen molar-refractivity contribution < 1.29 is 18.7 Å². The summed E-state index contributed by atoms with van der Waals surface area (Å²) in [6.07, 6.45) is 0.